The van der Waals surface area contributed by atoms with E-state index < -0.39 is 17.9 Å². The monoisotopic (exact) mass is 371 g/mol. The average molecular weight is 371 g/mol. The molecule has 1 aliphatic heterocycles. The number of benzene rings is 1. The normalized spacial score (nSPS) is 15.4. The first kappa shape index (κ1) is 18.4. The predicted molar refractivity (Wildman–Crippen MR) is 98.4 cm³/mol. The third kappa shape index (κ3) is 4.08. The number of rotatable bonds is 5. The van der Waals surface area contributed by atoms with Crippen LogP contribution in [0.1, 0.15) is 17.8 Å². The van der Waals surface area contributed by atoms with E-state index in [1.807, 2.05) is 6.92 Å². The van der Waals surface area contributed by atoms with Crippen LogP contribution in [-0.4, -0.2) is 40.2 Å². The molecule has 0 saturated heterocycles. The molecule has 9 heteroatoms. The van der Waals surface area contributed by atoms with Crippen molar-refractivity contribution in [3.05, 3.63) is 35.7 Å². The van der Waals surface area contributed by atoms with Crippen molar-refractivity contribution in [2.24, 2.45) is 7.05 Å². The summed E-state index contributed by atoms with van der Waals surface area (Å²) < 4.78 is 7.23. The Morgan fingerprint density at radius 1 is 1.26 bits per heavy atom. The first-order valence-corrected chi connectivity index (χ1v) is 8.48. The van der Waals surface area contributed by atoms with Crippen molar-refractivity contribution in [3.8, 4) is 5.75 Å². The topological polar surface area (TPSA) is 114 Å². The number of carbonyl (C=O) groups is 3. The highest BCUT2D eigenvalue weighted by Crippen LogP contribution is 2.29. The van der Waals surface area contributed by atoms with Gasteiger partial charge in [0.2, 0.25) is 11.8 Å². The molecule has 1 aromatic heterocycles. The van der Waals surface area contributed by atoms with E-state index in [0.29, 0.717) is 22.8 Å². The van der Waals surface area contributed by atoms with Gasteiger partial charge in [0.05, 0.1) is 35.7 Å². The lowest BCUT2D eigenvalue weighted by molar-refractivity contribution is -0.131. The van der Waals surface area contributed by atoms with E-state index in [4.69, 9.17) is 4.74 Å². The molecule has 2 heterocycles. The van der Waals surface area contributed by atoms with Gasteiger partial charge in [0.15, 0.2) is 6.10 Å². The molecule has 0 radical (unpaired) electrons. The van der Waals surface area contributed by atoms with Crippen molar-refractivity contribution in [1.29, 1.82) is 0 Å². The first-order valence-electron chi connectivity index (χ1n) is 8.48. The Morgan fingerprint density at radius 2 is 2.00 bits per heavy atom. The zero-order valence-corrected chi connectivity index (χ0v) is 15.3. The molecular formula is C18H21N5O4. The van der Waals surface area contributed by atoms with Crippen LogP contribution < -0.4 is 20.7 Å². The summed E-state index contributed by atoms with van der Waals surface area (Å²) in [7, 11) is 1.78. The average Bonchev–Trinajstić information content (AvgIpc) is 2.87. The van der Waals surface area contributed by atoms with Gasteiger partial charge in [-0.2, -0.15) is 5.10 Å². The molecule has 1 aromatic carbocycles. The maximum atomic E-state index is 12.1. The van der Waals surface area contributed by atoms with Crippen LogP contribution in [0.25, 0.3) is 0 Å². The molecule has 0 aliphatic carbocycles. The van der Waals surface area contributed by atoms with E-state index in [-0.39, 0.29) is 18.9 Å². The van der Waals surface area contributed by atoms with Gasteiger partial charge in [-0.05, 0) is 26.0 Å². The van der Waals surface area contributed by atoms with Crippen LogP contribution in [0.2, 0.25) is 0 Å². The van der Waals surface area contributed by atoms with Gasteiger partial charge >= 0.3 is 0 Å². The van der Waals surface area contributed by atoms with Crippen LogP contribution in [0.15, 0.2) is 24.3 Å². The Morgan fingerprint density at radius 3 is 2.70 bits per heavy atom. The quantitative estimate of drug-likeness (QED) is 0.722. The fourth-order valence-corrected chi connectivity index (χ4v) is 2.78. The molecule has 0 saturated carbocycles. The Labute approximate surface area is 156 Å². The second-order valence-electron chi connectivity index (χ2n) is 6.29. The molecule has 0 fully saturated rings. The summed E-state index contributed by atoms with van der Waals surface area (Å²) in [4.78, 5) is 36.2. The van der Waals surface area contributed by atoms with Crippen LogP contribution in [0.3, 0.4) is 0 Å². The van der Waals surface area contributed by atoms with Gasteiger partial charge in [0, 0.05) is 7.05 Å². The van der Waals surface area contributed by atoms with Crippen LogP contribution in [0.4, 0.5) is 11.4 Å². The van der Waals surface area contributed by atoms with Crippen LogP contribution in [-0.2, 0) is 21.4 Å². The number of hydrogen-bond acceptors (Lipinski definition) is 5. The summed E-state index contributed by atoms with van der Waals surface area (Å²) in [5.74, 6) is -0.712. The summed E-state index contributed by atoms with van der Waals surface area (Å²) in [5.41, 5.74) is 2.71. The van der Waals surface area contributed by atoms with Gasteiger partial charge in [-0.1, -0.05) is 12.1 Å². The van der Waals surface area contributed by atoms with Gasteiger partial charge in [-0.3, -0.25) is 19.1 Å². The summed E-state index contributed by atoms with van der Waals surface area (Å²) in [6, 6.07) is 6.99. The lowest BCUT2D eigenvalue weighted by Crippen LogP contribution is -2.42. The number of hydrogen-bond donors (Lipinski definition) is 3. The van der Waals surface area contributed by atoms with Gasteiger partial charge < -0.3 is 20.7 Å². The van der Waals surface area contributed by atoms with E-state index in [9.17, 15) is 14.4 Å². The van der Waals surface area contributed by atoms with E-state index in [1.165, 1.54) is 0 Å². The molecule has 3 rings (SSSR count). The Kier molecular flexibility index (Phi) is 5.11. The van der Waals surface area contributed by atoms with Crippen LogP contribution in [0.5, 0.6) is 5.75 Å². The molecule has 9 nitrogen and oxygen atoms in total. The number of carbonyl (C=O) groups excluding carboxylic acids is 3. The number of aryl methyl sites for hydroxylation is 2. The number of aromatic nitrogens is 2. The molecular weight excluding hydrogens is 350 g/mol. The zero-order chi connectivity index (χ0) is 19.6. The summed E-state index contributed by atoms with van der Waals surface area (Å²) in [6.45, 7) is 3.42. The van der Waals surface area contributed by atoms with Gasteiger partial charge in [0.1, 0.15) is 5.75 Å². The third-order valence-corrected chi connectivity index (χ3v) is 4.30. The number of nitrogens with one attached hydrogen (secondary N) is 3. The highest BCUT2D eigenvalue weighted by molar-refractivity contribution is 6.00. The summed E-state index contributed by atoms with van der Waals surface area (Å²) in [6.07, 6.45) is -1.12. The molecule has 3 amide bonds. The van der Waals surface area contributed by atoms with Crippen molar-refractivity contribution in [2.75, 3.05) is 17.2 Å². The van der Waals surface area contributed by atoms with Crippen molar-refractivity contribution < 1.29 is 19.1 Å². The summed E-state index contributed by atoms with van der Waals surface area (Å²) >= 11 is 0. The second kappa shape index (κ2) is 7.48. The molecule has 1 atom stereocenters. The molecule has 142 valence electrons. The van der Waals surface area contributed by atoms with Gasteiger partial charge in [0.25, 0.3) is 5.91 Å². The number of para-hydroxylation sites is 2. The maximum absolute atomic E-state index is 12.1. The number of anilines is 2. The van der Waals surface area contributed by atoms with Crippen LogP contribution >= 0.6 is 0 Å². The van der Waals surface area contributed by atoms with Gasteiger partial charge in [-0.15, -0.1) is 0 Å². The van der Waals surface area contributed by atoms with E-state index in [2.05, 4.69) is 21.0 Å². The molecule has 0 bridgehead atoms. The van der Waals surface area contributed by atoms with E-state index in [1.54, 1.807) is 42.9 Å². The Hall–Kier alpha value is -3.36. The van der Waals surface area contributed by atoms with Crippen LogP contribution in [0, 0.1) is 13.8 Å². The minimum atomic E-state index is -0.939. The van der Waals surface area contributed by atoms with Crippen molar-refractivity contribution in [1.82, 2.24) is 15.1 Å². The fraction of sp³-hybridized carbons (Fsp3) is 0.333. The Balaban J connectivity index is 1.51. The Bertz CT molecular complexity index is 905. The maximum Gasteiger partial charge on any atom is 0.266 e. The van der Waals surface area contributed by atoms with E-state index in [0.717, 1.165) is 5.69 Å². The standard InChI is InChI=1S/C18H21N5O4/c1-10-17(11(2)23(3)22-10)21-16(25)9-19-15(24)8-14-18(26)20-12-6-4-5-7-13(12)27-14/h4-7,14H,8-9H2,1-3H3,(H,19,24)(H,20,26)(H,21,25)/t14-/m0/s1. The van der Waals surface area contributed by atoms with E-state index >= 15 is 0 Å². The molecule has 0 unspecified atom stereocenters. The third-order valence-electron chi connectivity index (χ3n) is 4.30. The number of amides is 3. The molecule has 1 aliphatic rings. The molecule has 2 aromatic rings. The highest BCUT2D eigenvalue weighted by atomic mass is 16.5. The molecule has 0 spiro atoms. The van der Waals surface area contributed by atoms with Crippen molar-refractivity contribution in [3.63, 3.8) is 0 Å². The number of nitrogens with zero attached hydrogens (tertiary/aromatic N) is 2. The highest BCUT2D eigenvalue weighted by Gasteiger charge is 2.29. The van der Waals surface area contributed by atoms with Crippen molar-refractivity contribution in [2.45, 2.75) is 26.4 Å². The number of ether oxygens (including phenoxy) is 1. The zero-order valence-electron chi connectivity index (χ0n) is 15.3. The smallest absolute Gasteiger partial charge is 0.266 e. The largest absolute Gasteiger partial charge is 0.478 e. The molecule has 3 N–H and O–H groups in total. The van der Waals surface area contributed by atoms with Gasteiger partial charge in [-0.25, -0.2) is 0 Å². The SMILES string of the molecule is Cc1nn(C)c(C)c1NC(=O)CNC(=O)C[C@@H]1Oc2ccccc2NC1=O. The second-order valence-corrected chi connectivity index (χ2v) is 6.29. The lowest BCUT2D eigenvalue weighted by atomic mass is 10.1. The summed E-state index contributed by atoms with van der Waals surface area (Å²) in [5, 5.41) is 12.1. The van der Waals surface area contributed by atoms with Crippen molar-refractivity contribution >= 4 is 29.1 Å². The minimum Gasteiger partial charge on any atom is -0.478 e. The minimum absolute atomic E-state index is 0.182. The molecule has 27 heavy (non-hydrogen) atoms. The fourth-order valence-electron chi connectivity index (χ4n) is 2.78. The lowest BCUT2D eigenvalue weighted by Gasteiger charge is -2.25. The number of fused-ring (bicyclic) bond motifs is 1. The predicted octanol–water partition coefficient (Wildman–Crippen LogP) is 0.881. The first-order chi connectivity index (χ1) is 12.8.